The average molecular weight is 421 g/mol. The lowest BCUT2D eigenvalue weighted by Crippen LogP contribution is -2.47. The van der Waals surface area contributed by atoms with E-state index in [1.54, 1.807) is 36.4 Å². The third kappa shape index (κ3) is 4.03. The largest absolute Gasteiger partial charge is 0.333 e. The van der Waals surface area contributed by atoms with Crippen molar-refractivity contribution in [1.29, 1.82) is 0 Å². The maximum absolute atomic E-state index is 13.1. The summed E-state index contributed by atoms with van der Waals surface area (Å²) >= 11 is 5.99. The number of anilines is 1. The Morgan fingerprint density at radius 3 is 2.36 bits per heavy atom. The second kappa shape index (κ2) is 8.13. The van der Waals surface area contributed by atoms with Crippen molar-refractivity contribution in [3.8, 4) is 0 Å². The van der Waals surface area contributed by atoms with E-state index < -0.39 is 10.0 Å². The lowest BCUT2D eigenvalue weighted by atomic mass is 9.96. The highest BCUT2D eigenvalue weighted by Gasteiger charge is 2.30. The van der Waals surface area contributed by atoms with E-state index in [1.165, 1.54) is 23.5 Å². The molecule has 5 nitrogen and oxygen atoms in total. The smallest absolute Gasteiger partial charge is 0.264 e. The molecule has 1 fully saturated rings. The van der Waals surface area contributed by atoms with Gasteiger partial charge in [0, 0.05) is 29.7 Å². The summed E-state index contributed by atoms with van der Waals surface area (Å²) in [4.78, 5) is 15.0. The van der Waals surface area contributed by atoms with Gasteiger partial charge < -0.3 is 4.90 Å². The number of benzene rings is 2. The van der Waals surface area contributed by atoms with Crippen LogP contribution in [-0.2, 0) is 10.0 Å². The minimum absolute atomic E-state index is 0.0816. The zero-order valence-corrected chi connectivity index (χ0v) is 17.9. The van der Waals surface area contributed by atoms with E-state index in [-0.39, 0.29) is 22.9 Å². The van der Waals surface area contributed by atoms with E-state index in [0.29, 0.717) is 16.3 Å². The second-order valence-corrected chi connectivity index (χ2v) is 9.73. The molecule has 0 aliphatic carbocycles. The van der Waals surface area contributed by atoms with Gasteiger partial charge in [0.05, 0.1) is 10.6 Å². The van der Waals surface area contributed by atoms with Gasteiger partial charge in [-0.2, -0.15) is 0 Å². The fourth-order valence-electron chi connectivity index (χ4n) is 3.73. The Morgan fingerprint density at radius 2 is 1.71 bits per heavy atom. The van der Waals surface area contributed by atoms with E-state index in [1.807, 2.05) is 18.7 Å². The fraction of sp³-hybridized carbons (Fsp3) is 0.381. The van der Waals surface area contributed by atoms with Crippen molar-refractivity contribution in [2.45, 2.75) is 50.1 Å². The molecule has 150 valence electrons. The lowest BCUT2D eigenvalue weighted by molar-refractivity contribution is 0.0510. The van der Waals surface area contributed by atoms with E-state index >= 15 is 0 Å². The van der Waals surface area contributed by atoms with Crippen molar-refractivity contribution in [1.82, 2.24) is 4.90 Å². The van der Waals surface area contributed by atoms with Gasteiger partial charge in [0.2, 0.25) is 0 Å². The Bertz CT molecular complexity index is 967. The molecule has 1 saturated heterocycles. The first-order valence-corrected chi connectivity index (χ1v) is 11.2. The lowest BCUT2D eigenvalue weighted by Gasteiger charge is -2.39. The molecule has 0 saturated carbocycles. The first-order valence-electron chi connectivity index (χ1n) is 9.39. The molecule has 0 bridgehead atoms. The number of likely N-dealkylation sites (tertiary alicyclic amines) is 1. The molecular weight excluding hydrogens is 396 g/mol. The van der Waals surface area contributed by atoms with E-state index in [2.05, 4.69) is 0 Å². The first kappa shape index (κ1) is 20.7. The molecule has 28 heavy (non-hydrogen) atoms. The Hall–Kier alpha value is -2.05. The van der Waals surface area contributed by atoms with Crippen LogP contribution in [0.25, 0.3) is 0 Å². The van der Waals surface area contributed by atoms with Gasteiger partial charge in [0.15, 0.2) is 0 Å². The van der Waals surface area contributed by atoms with Crippen LogP contribution < -0.4 is 4.31 Å². The number of rotatable bonds is 4. The number of nitrogens with zero attached hydrogens (tertiary/aromatic N) is 2. The molecule has 3 rings (SSSR count). The van der Waals surface area contributed by atoms with Crippen molar-refractivity contribution < 1.29 is 13.2 Å². The number of piperidine rings is 1. The molecule has 7 heteroatoms. The van der Waals surface area contributed by atoms with Gasteiger partial charge in [0.25, 0.3) is 15.9 Å². The number of carbonyl (C=O) groups excluding carboxylic acids is 1. The predicted octanol–water partition coefficient (Wildman–Crippen LogP) is 4.57. The normalized spacial score (nSPS) is 20.1. The van der Waals surface area contributed by atoms with Crippen LogP contribution in [0, 0.1) is 0 Å². The SMILES string of the molecule is C[C@@H]1CCC[C@@H](C)N1C(=O)c1cccc(S(=O)(=O)N(C)c2cccc(Cl)c2)c1. The summed E-state index contributed by atoms with van der Waals surface area (Å²) in [5.74, 6) is -0.123. The molecule has 1 aliphatic heterocycles. The maximum Gasteiger partial charge on any atom is 0.264 e. The molecule has 2 aromatic rings. The van der Waals surface area contributed by atoms with Crippen molar-refractivity contribution in [3.05, 3.63) is 59.1 Å². The van der Waals surface area contributed by atoms with Crippen LogP contribution in [0.4, 0.5) is 5.69 Å². The number of carbonyl (C=O) groups is 1. The standard InChI is InChI=1S/C21H25ClN2O3S/c1-15-7-4-8-16(2)24(15)21(25)17-9-5-12-20(13-17)28(26,27)23(3)19-11-6-10-18(22)14-19/h5-6,9-16H,4,7-8H2,1-3H3/t15-,16-/m1/s1. The summed E-state index contributed by atoms with van der Waals surface area (Å²) in [5, 5.41) is 0.455. The van der Waals surface area contributed by atoms with Crippen molar-refractivity contribution in [3.63, 3.8) is 0 Å². The number of hydrogen-bond acceptors (Lipinski definition) is 3. The second-order valence-electron chi connectivity index (χ2n) is 7.32. The summed E-state index contributed by atoms with van der Waals surface area (Å²) in [6.45, 7) is 4.09. The van der Waals surface area contributed by atoms with Gasteiger partial charge in [-0.3, -0.25) is 9.10 Å². The van der Waals surface area contributed by atoms with Gasteiger partial charge in [-0.1, -0.05) is 23.7 Å². The highest BCUT2D eigenvalue weighted by Crippen LogP contribution is 2.27. The topological polar surface area (TPSA) is 57.7 Å². The molecule has 2 atom stereocenters. The number of amides is 1. The molecule has 0 spiro atoms. The van der Waals surface area contributed by atoms with Crippen LogP contribution in [0.1, 0.15) is 43.5 Å². The average Bonchev–Trinajstić information content (AvgIpc) is 2.67. The van der Waals surface area contributed by atoms with Crippen LogP contribution >= 0.6 is 11.6 Å². The monoisotopic (exact) mass is 420 g/mol. The molecule has 0 radical (unpaired) electrons. The quantitative estimate of drug-likeness (QED) is 0.728. The third-order valence-electron chi connectivity index (χ3n) is 5.34. The molecule has 0 N–H and O–H groups in total. The minimum Gasteiger partial charge on any atom is -0.333 e. The van der Waals surface area contributed by atoms with Crippen LogP contribution in [0.3, 0.4) is 0 Å². The zero-order valence-electron chi connectivity index (χ0n) is 16.3. The summed E-state index contributed by atoms with van der Waals surface area (Å²) < 4.78 is 27.3. The third-order valence-corrected chi connectivity index (χ3v) is 7.36. The van der Waals surface area contributed by atoms with Crippen LogP contribution in [0.15, 0.2) is 53.4 Å². The van der Waals surface area contributed by atoms with Gasteiger partial charge in [-0.25, -0.2) is 8.42 Å². The molecule has 1 aliphatic rings. The Morgan fingerprint density at radius 1 is 1.07 bits per heavy atom. The highest BCUT2D eigenvalue weighted by atomic mass is 35.5. The molecule has 2 aromatic carbocycles. The van der Waals surface area contributed by atoms with Crippen LogP contribution in [0.5, 0.6) is 0 Å². The first-order chi connectivity index (χ1) is 13.2. The Labute approximate surface area is 172 Å². The summed E-state index contributed by atoms with van der Waals surface area (Å²) in [7, 11) is -2.34. The molecule has 0 unspecified atom stereocenters. The van der Waals surface area contributed by atoms with Gasteiger partial charge in [0.1, 0.15) is 0 Å². The Balaban J connectivity index is 1.93. The van der Waals surface area contributed by atoms with Gasteiger partial charge in [-0.15, -0.1) is 0 Å². The predicted molar refractivity (Wildman–Crippen MR) is 112 cm³/mol. The summed E-state index contributed by atoms with van der Waals surface area (Å²) in [6.07, 6.45) is 3.03. The van der Waals surface area contributed by atoms with Gasteiger partial charge in [-0.05, 0) is 69.5 Å². The maximum atomic E-state index is 13.1. The highest BCUT2D eigenvalue weighted by molar-refractivity contribution is 7.92. The van der Waals surface area contributed by atoms with Crippen LogP contribution in [0.2, 0.25) is 5.02 Å². The van der Waals surface area contributed by atoms with Crippen molar-refractivity contribution >= 4 is 33.2 Å². The molecule has 1 amide bonds. The number of sulfonamides is 1. The van der Waals surface area contributed by atoms with E-state index in [4.69, 9.17) is 11.6 Å². The van der Waals surface area contributed by atoms with Gasteiger partial charge >= 0.3 is 0 Å². The van der Waals surface area contributed by atoms with E-state index in [9.17, 15) is 13.2 Å². The summed E-state index contributed by atoms with van der Waals surface area (Å²) in [5.41, 5.74) is 0.851. The Kier molecular flexibility index (Phi) is 6.01. The van der Waals surface area contributed by atoms with E-state index in [0.717, 1.165) is 19.3 Å². The number of halogens is 1. The van der Waals surface area contributed by atoms with Crippen LogP contribution in [-0.4, -0.2) is 38.4 Å². The summed E-state index contributed by atoms with van der Waals surface area (Å²) in [6, 6.07) is 13.2. The fourth-order valence-corrected chi connectivity index (χ4v) is 5.15. The number of hydrogen-bond donors (Lipinski definition) is 0. The van der Waals surface area contributed by atoms with Crippen molar-refractivity contribution in [2.24, 2.45) is 0 Å². The molecular formula is C21H25ClN2O3S. The molecule has 1 heterocycles. The van der Waals surface area contributed by atoms with Crippen molar-refractivity contribution in [2.75, 3.05) is 11.4 Å². The zero-order chi connectivity index (χ0) is 20.5. The molecule has 0 aromatic heterocycles. The minimum atomic E-state index is -3.82.